The van der Waals surface area contributed by atoms with Crippen LogP contribution in [0.2, 0.25) is 0 Å². The van der Waals surface area contributed by atoms with Crippen LogP contribution in [0.5, 0.6) is 5.75 Å². The third kappa shape index (κ3) is 4.51. The van der Waals surface area contributed by atoms with Crippen LogP contribution in [-0.2, 0) is 12.8 Å². The number of para-hydroxylation sites is 1. The highest BCUT2D eigenvalue weighted by atomic mass is 16.5. The first-order valence-corrected chi connectivity index (χ1v) is 8.55. The molecule has 0 aromatic heterocycles. The number of hydrogen-bond acceptors (Lipinski definition) is 3. The van der Waals surface area contributed by atoms with E-state index in [1.165, 1.54) is 24.0 Å². The molecule has 1 aliphatic carbocycles. The zero-order valence-corrected chi connectivity index (χ0v) is 14.0. The molecule has 0 atom stereocenters. The van der Waals surface area contributed by atoms with Crippen LogP contribution in [0.3, 0.4) is 0 Å². The van der Waals surface area contributed by atoms with Gasteiger partial charge in [-0.3, -0.25) is 0 Å². The molecular formula is C20H21N3O2. The second kappa shape index (κ2) is 8.20. The number of nitriles is 1. The predicted molar refractivity (Wildman–Crippen MR) is 96.8 cm³/mol. The van der Waals surface area contributed by atoms with Crippen LogP contribution in [0.1, 0.15) is 29.5 Å². The number of urea groups is 1. The lowest BCUT2D eigenvalue weighted by Gasteiger charge is -2.17. The molecule has 5 nitrogen and oxygen atoms in total. The Balaban J connectivity index is 1.44. The normalized spacial score (nSPS) is 12.6. The van der Waals surface area contributed by atoms with Crippen molar-refractivity contribution in [2.24, 2.45) is 0 Å². The second-order valence-electron chi connectivity index (χ2n) is 6.02. The summed E-state index contributed by atoms with van der Waals surface area (Å²) in [7, 11) is 0. The van der Waals surface area contributed by atoms with Crippen molar-refractivity contribution in [3.8, 4) is 11.8 Å². The Morgan fingerprint density at radius 2 is 1.92 bits per heavy atom. The molecule has 0 aliphatic heterocycles. The molecule has 0 saturated carbocycles. The van der Waals surface area contributed by atoms with E-state index in [1.807, 2.05) is 12.1 Å². The number of hydrogen-bond donors (Lipinski definition) is 2. The molecule has 0 radical (unpaired) electrons. The van der Waals surface area contributed by atoms with E-state index in [0.717, 1.165) is 18.6 Å². The highest BCUT2D eigenvalue weighted by molar-refractivity contribution is 5.90. The maximum atomic E-state index is 11.9. The van der Waals surface area contributed by atoms with Crippen molar-refractivity contribution >= 4 is 11.7 Å². The predicted octanol–water partition coefficient (Wildman–Crippen LogP) is 3.64. The van der Waals surface area contributed by atoms with Gasteiger partial charge in [-0.05, 0) is 61.1 Å². The van der Waals surface area contributed by atoms with Crippen molar-refractivity contribution < 1.29 is 9.53 Å². The molecule has 0 bridgehead atoms. The van der Waals surface area contributed by atoms with Gasteiger partial charge >= 0.3 is 6.03 Å². The van der Waals surface area contributed by atoms with Crippen molar-refractivity contribution in [3.63, 3.8) is 0 Å². The molecule has 0 fully saturated rings. The van der Waals surface area contributed by atoms with Crippen molar-refractivity contribution in [2.75, 3.05) is 18.5 Å². The van der Waals surface area contributed by atoms with E-state index in [2.05, 4.69) is 22.8 Å². The Labute approximate surface area is 147 Å². The smallest absolute Gasteiger partial charge is 0.319 e. The first-order valence-electron chi connectivity index (χ1n) is 8.55. The summed E-state index contributed by atoms with van der Waals surface area (Å²) in [5, 5.41) is 14.4. The summed E-state index contributed by atoms with van der Waals surface area (Å²) >= 11 is 0. The van der Waals surface area contributed by atoms with Gasteiger partial charge in [0.15, 0.2) is 0 Å². The van der Waals surface area contributed by atoms with Crippen molar-refractivity contribution in [3.05, 3.63) is 59.2 Å². The molecule has 3 rings (SSSR count). The number of carbonyl (C=O) groups is 1. The number of benzene rings is 2. The summed E-state index contributed by atoms with van der Waals surface area (Å²) in [5.41, 5.74) is 3.73. The summed E-state index contributed by atoms with van der Waals surface area (Å²) in [4.78, 5) is 11.9. The van der Waals surface area contributed by atoms with Gasteiger partial charge in [0, 0.05) is 0 Å². The minimum absolute atomic E-state index is 0.350. The van der Waals surface area contributed by atoms with Crippen molar-refractivity contribution in [1.82, 2.24) is 5.32 Å². The van der Waals surface area contributed by atoms with E-state index in [1.54, 1.807) is 24.3 Å². The quantitative estimate of drug-likeness (QED) is 0.819. The fourth-order valence-corrected chi connectivity index (χ4v) is 2.99. The largest absolute Gasteiger partial charge is 0.492 e. The third-order valence-electron chi connectivity index (χ3n) is 4.27. The number of nitrogens with one attached hydrogen (secondary N) is 2. The first-order chi connectivity index (χ1) is 12.3. The summed E-state index contributed by atoms with van der Waals surface area (Å²) in [6.45, 7) is 0.781. The van der Waals surface area contributed by atoms with Gasteiger partial charge in [-0.15, -0.1) is 0 Å². The van der Waals surface area contributed by atoms with E-state index in [-0.39, 0.29) is 6.03 Å². The number of fused-ring (bicyclic) bond motifs is 1. The average molecular weight is 335 g/mol. The number of amides is 2. The van der Waals surface area contributed by atoms with Crippen LogP contribution >= 0.6 is 0 Å². The topological polar surface area (TPSA) is 74.2 Å². The fraction of sp³-hybridized carbons (Fsp3) is 0.300. The average Bonchev–Trinajstić information content (AvgIpc) is 2.65. The Hall–Kier alpha value is -3.00. The number of carbonyl (C=O) groups excluding carboxylic acids is 1. The molecule has 0 saturated heterocycles. The Morgan fingerprint density at radius 1 is 1.12 bits per heavy atom. The van der Waals surface area contributed by atoms with Crippen LogP contribution in [-0.4, -0.2) is 19.2 Å². The SMILES string of the molecule is N#Cc1ccccc1NC(=O)NCCOc1ccc2c(c1)CCCC2. The van der Waals surface area contributed by atoms with Gasteiger partial charge in [0.25, 0.3) is 0 Å². The molecule has 0 heterocycles. The molecular weight excluding hydrogens is 314 g/mol. The van der Waals surface area contributed by atoms with E-state index in [9.17, 15) is 4.79 Å². The molecule has 0 unspecified atom stereocenters. The van der Waals surface area contributed by atoms with E-state index in [0.29, 0.717) is 24.4 Å². The molecule has 1 aliphatic rings. The van der Waals surface area contributed by atoms with Crippen molar-refractivity contribution in [2.45, 2.75) is 25.7 Å². The third-order valence-corrected chi connectivity index (χ3v) is 4.27. The van der Waals surface area contributed by atoms with Gasteiger partial charge in [-0.2, -0.15) is 5.26 Å². The molecule has 2 N–H and O–H groups in total. The Morgan fingerprint density at radius 3 is 2.76 bits per heavy atom. The van der Waals surface area contributed by atoms with Crippen molar-refractivity contribution in [1.29, 1.82) is 5.26 Å². The zero-order valence-electron chi connectivity index (χ0n) is 14.0. The molecule has 2 amide bonds. The zero-order chi connectivity index (χ0) is 17.5. The number of ether oxygens (including phenoxy) is 1. The molecule has 2 aromatic carbocycles. The lowest BCUT2D eigenvalue weighted by Crippen LogP contribution is -2.32. The van der Waals surface area contributed by atoms with Crippen LogP contribution in [0.15, 0.2) is 42.5 Å². The van der Waals surface area contributed by atoms with Crippen LogP contribution < -0.4 is 15.4 Å². The highest BCUT2D eigenvalue weighted by Crippen LogP contribution is 2.25. The van der Waals surface area contributed by atoms with Gasteiger partial charge in [-0.1, -0.05) is 18.2 Å². The van der Waals surface area contributed by atoms with E-state index >= 15 is 0 Å². The number of anilines is 1. The minimum Gasteiger partial charge on any atom is -0.492 e. The van der Waals surface area contributed by atoms with Gasteiger partial charge in [0.1, 0.15) is 18.4 Å². The Bertz CT molecular complexity index is 796. The fourth-order valence-electron chi connectivity index (χ4n) is 2.99. The van der Waals surface area contributed by atoms with Crippen LogP contribution in [0.4, 0.5) is 10.5 Å². The lowest BCUT2D eigenvalue weighted by atomic mass is 9.92. The minimum atomic E-state index is -0.350. The molecule has 5 heteroatoms. The summed E-state index contributed by atoms with van der Waals surface area (Å²) < 4.78 is 5.72. The van der Waals surface area contributed by atoms with Gasteiger partial charge in [0.05, 0.1) is 17.8 Å². The standard InChI is InChI=1S/C20H21N3O2/c21-14-17-7-3-4-8-19(17)23-20(24)22-11-12-25-18-10-9-15-5-1-2-6-16(15)13-18/h3-4,7-10,13H,1-2,5-6,11-12H2,(H2,22,23,24). The monoisotopic (exact) mass is 335 g/mol. The number of rotatable bonds is 5. The molecule has 128 valence electrons. The van der Waals surface area contributed by atoms with Crippen LogP contribution in [0.25, 0.3) is 0 Å². The van der Waals surface area contributed by atoms with Gasteiger partial charge in [-0.25, -0.2) is 4.79 Å². The number of aryl methyl sites for hydroxylation is 2. The van der Waals surface area contributed by atoms with Crippen LogP contribution in [0, 0.1) is 11.3 Å². The number of nitrogens with zero attached hydrogens (tertiary/aromatic N) is 1. The lowest BCUT2D eigenvalue weighted by molar-refractivity contribution is 0.247. The Kier molecular flexibility index (Phi) is 5.53. The maximum absolute atomic E-state index is 11.9. The first kappa shape index (κ1) is 16.8. The van der Waals surface area contributed by atoms with Gasteiger partial charge in [0.2, 0.25) is 0 Å². The summed E-state index contributed by atoms with van der Waals surface area (Å²) in [5.74, 6) is 0.845. The summed E-state index contributed by atoms with van der Waals surface area (Å²) in [6.07, 6.45) is 4.77. The molecule has 0 spiro atoms. The van der Waals surface area contributed by atoms with E-state index < -0.39 is 0 Å². The molecule has 25 heavy (non-hydrogen) atoms. The summed E-state index contributed by atoms with van der Waals surface area (Å²) in [6, 6.07) is 14.8. The second-order valence-corrected chi connectivity index (χ2v) is 6.02. The molecule has 2 aromatic rings. The highest BCUT2D eigenvalue weighted by Gasteiger charge is 2.10. The van der Waals surface area contributed by atoms with E-state index in [4.69, 9.17) is 10.00 Å². The maximum Gasteiger partial charge on any atom is 0.319 e. The van der Waals surface area contributed by atoms with Gasteiger partial charge < -0.3 is 15.4 Å².